The standard InChI is InChI=1S/C48H89O11P/c1-4-5-6-7-20-25-30-35-44(50)36-31-26-23-28-32-37-47(52)56-41-46(42-58-60(54,55)57-40-45(51)39-49)59-48(53)38-33-27-22-19-17-15-13-11-9-8-10-12-14-16-18-21-24-29-34-43(2)3/h5-6,20,25,30,35,43-46,49-51H,4,7-19,21-24,26-29,31-34,36-42H2,1-3H3,(H,54,55)/b6-5+,25-20+,35-30+/t44?,45-,46+/m0/s1. The first-order valence-electron chi connectivity index (χ1n) is 23.9. The number of hydrogen-bond donors (Lipinski definition) is 4. The molecule has 12 heteroatoms. The van der Waals surface area contributed by atoms with Crippen molar-refractivity contribution >= 4 is 19.8 Å². The fourth-order valence-corrected chi connectivity index (χ4v) is 7.45. The Morgan fingerprint density at radius 2 is 1.05 bits per heavy atom. The third-order valence-electron chi connectivity index (χ3n) is 10.3. The predicted molar refractivity (Wildman–Crippen MR) is 243 cm³/mol. The normalized spacial score (nSPS) is 14.7. The molecule has 60 heavy (non-hydrogen) atoms. The van der Waals surface area contributed by atoms with Gasteiger partial charge in [-0.3, -0.25) is 18.6 Å². The van der Waals surface area contributed by atoms with E-state index in [1.165, 1.54) is 96.3 Å². The third kappa shape index (κ3) is 42.8. The molecule has 0 aliphatic carbocycles. The number of aliphatic hydroxyl groups is 3. The largest absolute Gasteiger partial charge is 0.472 e. The van der Waals surface area contributed by atoms with Crippen LogP contribution in [0.2, 0.25) is 0 Å². The molecule has 0 aliphatic heterocycles. The van der Waals surface area contributed by atoms with E-state index in [9.17, 15) is 29.3 Å². The summed E-state index contributed by atoms with van der Waals surface area (Å²) in [6.07, 6.45) is 39.9. The summed E-state index contributed by atoms with van der Waals surface area (Å²) in [7, 11) is -4.64. The average molecular weight is 873 g/mol. The fraction of sp³-hybridized carbons (Fsp3) is 0.833. The second-order valence-corrected chi connectivity index (χ2v) is 18.2. The fourth-order valence-electron chi connectivity index (χ4n) is 6.66. The van der Waals surface area contributed by atoms with Gasteiger partial charge in [0.15, 0.2) is 6.10 Å². The minimum atomic E-state index is -4.64. The Kier molecular flexibility index (Phi) is 41.1. The van der Waals surface area contributed by atoms with Crippen molar-refractivity contribution < 1.29 is 52.9 Å². The smallest absolute Gasteiger partial charge is 0.462 e. The number of carbonyl (C=O) groups excluding carboxylic acids is 2. The lowest BCUT2D eigenvalue weighted by Crippen LogP contribution is -2.29. The molecular formula is C48H89O11P. The van der Waals surface area contributed by atoms with E-state index in [4.69, 9.17) is 23.6 Å². The van der Waals surface area contributed by atoms with Crippen LogP contribution in [0.15, 0.2) is 36.5 Å². The molecule has 4 N–H and O–H groups in total. The molecule has 0 aromatic heterocycles. The zero-order valence-corrected chi connectivity index (χ0v) is 39.1. The Morgan fingerprint density at radius 1 is 0.583 bits per heavy atom. The summed E-state index contributed by atoms with van der Waals surface area (Å²) in [4.78, 5) is 35.1. The van der Waals surface area contributed by atoms with Crippen molar-refractivity contribution in [2.24, 2.45) is 5.92 Å². The molecule has 0 saturated heterocycles. The summed E-state index contributed by atoms with van der Waals surface area (Å²) < 4.78 is 32.7. The van der Waals surface area contributed by atoms with Crippen molar-refractivity contribution in [2.45, 2.75) is 225 Å². The van der Waals surface area contributed by atoms with E-state index in [0.717, 1.165) is 63.7 Å². The van der Waals surface area contributed by atoms with Crippen LogP contribution >= 0.6 is 7.82 Å². The second kappa shape index (κ2) is 42.5. The zero-order chi connectivity index (χ0) is 44.4. The molecule has 0 amide bonds. The maximum absolute atomic E-state index is 12.7. The van der Waals surface area contributed by atoms with Crippen LogP contribution in [0.3, 0.4) is 0 Å². The van der Waals surface area contributed by atoms with E-state index in [1.54, 1.807) is 6.08 Å². The predicted octanol–water partition coefficient (Wildman–Crippen LogP) is 11.9. The molecule has 0 aliphatic rings. The zero-order valence-electron chi connectivity index (χ0n) is 38.2. The van der Waals surface area contributed by atoms with Crippen LogP contribution in [-0.4, -0.2) is 76.9 Å². The number of phosphoric ester groups is 1. The molecule has 352 valence electrons. The van der Waals surface area contributed by atoms with Crippen LogP contribution in [0, 0.1) is 5.92 Å². The maximum atomic E-state index is 12.7. The molecular weight excluding hydrogens is 783 g/mol. The highest BCUT2D eigenvalue weighted by Crippen LogP contribution is 2.43. The molecule has 0 aromatic carbocycles. The summed E-state index contributed by atoms with van der Waals surface area (Å²) in [6, 6.07) is 0. The van der Waals surface area contributed by atoms with Crippen molar-refractivity contribution in [3.05, 3.63) is 36.5 Å². The van der Waals surface area contributed by atoms with Crippen molar-refractivity contribution in [1.29, 1.82) is 0 Å². The number of carbonyl (C=O) groups is 2. The van der Waals surface area contributed by atoms with Crippen LogP contribution in [0.5, 0.6) is 0 Å². The van der Waals surface area contributed by atoms with Crippen molar-refractivity contribution in [2.75, 3.05) is 26.4 Å². The molecule has 11 nitrogen and oxygen atoms in total. The van der Waals surface area contributed by atoms with Crippen LogP contribution in [0.25, 0.3) is 0 Å². The quantitative estimate of drug-likeness (QED) is 0.0151. The molecule has 0 radical (unpaired) electrons. The molecule has 0 fully saturated rings. The summed E-state index contributed by atoms with van der Waals surface area (Å²) in [5, 5.41) is 28.5. The number of hydrogen-bond acceptors (Lipinski definition) is 10. The number of rotatable bonds is 44. The van der Waals surface area contributed by atoms with Gasteiger partial charge >= 0.3 is 19.8 Å². The number of ether oxygens (including phenoxy) is 2. The molecule has 4 atom stereocenters. The minimum absolute atomic E-state index is 0.167. The summed E-state index contributed by atoms with van der Waals surface area (Å²) in [6.45, 7) is 4.52. The number of phosphoric acid groups is 1. The van der Waals surface area contributed by atoms with Gasteiger partial charge in [0.25, 0.3) is 0 Å². The summed E-state index contributed by atoms with van der Waals surface area (Å²) in [5.74, 6) is -0.157. The topological polar surface area (TPSA) is 169 Å². The van der Waals surface area contributed by atoms with E-state index < -0.39 is 57.9 Å². The van der Waals surface area contributed by atoms with E-state index in [1.807, 2.05) is 18.2 Å². The SMILES string of the molecule is CC/C=C/C/C=C/C=C/C(O)CCCCCCCC(=O)OC[C@H](COP(=O)(O)OC[C@@H](O)CO)OC(=O)CCCCCCCCCCCCCCCCCCCCC(C)C. The molecule has 0 saturated carbocycles. The highest BCUT2D eigenvalue weighted by Gasteiger charge is 2.27. The molecule has 0 rings (SSSR count). The van der Waals surface area contributed by atoms with Gasteiger partial charge in [0.2, 0.25) is 0 Å². The van der Waals surface area contributed by atoms with E-state index in [2.05, 4.69) is 32.9 Å². The molecule has 2 unspecified atom stereocenters. The summed E-state index contributed by atoms with van der Waals surface area (Å²) >= 11 is 0. The first-order chi connectivity index (χ1) is 29.0. The molecule has 0 bridgehead atoms. The van der Waals surface area contributed by atoms with E-state index in [0.29, 0.717) is 19.3 Å². The van der Waals surface area contributed by atoms with Gasteiger partial charge in [-0.25, -0.2) is 4.57 Å². The number of unbranched alkanes of at least 4 members (excludes halogenated alkanes) is 21. The van der Waals surface area contributed by atoms with Crippen LogP contribution in [0.4, 0.5) is 0 Å². The van der Waals surface area contributed by atoms with Crippen LogP contribution in [0.1, 0.15) is 207 Å². The van der Waals surface area contributed by atoms with Gasteiger partial charge < -0.3 is 29.7 Å². The van der Waals surface area contributed by atoms with Crippen molar-refractivity contribution in [1.82, 2.24) is 0 Å². The van der Waals surface area contributed by atoms with Gasteiger partial charge in [0, 0.05) is 12.8 Å². The third-order valence-corrected chi connectivity index (χ3v) is 11.3. The Hall–Kier alpha value is -1.85. The van der Waals surface area contributed by atoms with Crippen LogP contribution < -0.4 is 0 Å². The molecule has 0 aromatic rings. The highest BCUT2D eigenvalue weighted by atomic mass is 31.2. The molecule has 0 heterocycles. The van der Waals surface area contributed by atoms with Crippen molar-refractivity contribution in [3.8, 4) is 0 Å². The van der Waals surface area contributed by atoms with Gasteiger partial charge in [-0.1, -0.05) is 198 Å². The number of allylic oxidation sites excluding steroid dienone is 5. The highest BCUT2D eigenvalue weighted by molar-refractivity contribution is 7.47. The van der Waals surface area contributed by atoms with E-state index in [-0.39, 0.29) is 19.4 Å². The maximum Gasteiger partial charge on any atom is 0.472 e. The average Bonchev–Trinajstić information content (AvgIpc) is 3.22. The van der Waals surface area contributed by atoms with E-state index >= 15 is 0 Å². The number of esters is 2. The summed E-state index contributed by atoms with van der Waals surface area (Å²) in [5.41, 5.74) is 0. The Labute approximate surface area is 365 Å². The Morgan fingerprint density at radius 3 is 1.55 bits per heavy atom. The Bertz CT molecular complexity index is 1130. The van der Waals surface area contributed by atoms with Crippen molar-refractivity contribution in [3.63, 3.8) is 0 Å². The van der Waals surface area contributed by atoms with Gasteiger partial charge in [0.05, 0.1) is 25.9 Å². The van der Waals surface area contributed by atoms with Gasteiger partial charge in [-0.15, -0.1) is 0 Å². The molecule has 0 spiro atoms. The van der Waals surface area contributed by atoms with Crippen LogP contribution in [-0.2, 0) is 32.7 Å². The Balaban J connectivity index is 4.25. The van der Waals surface area contributed by atoms with Gasteiger partial charge in [0.1, 0.15) is 12.7 Å². The minimum Gasteiger partial charge on any atom is -0.462 e. The second-order valence-electron chi connectivity index (χ2n) is 16.8. The first-order valence-corrected chi connectivity index (χ1v) is 25.4. The lowest BCUT2D eigenvalue weighted by atomic mass is 10.0. The number of aliphatic hydroxyl groups excluding tert-OH is 3. The van der Waals surface area contributed by atoms with Gasteiger partial charge in [-0.05, 0) is 38.0 Å². The first kappa shape index (κ1) is 58.1. The lowest BCUT2D eigenvalue weighted by molar-refractivity contribution is -0.161. The monoisotopic (exact) mass is 873 g/mol. The van der Waals surface area contributed by atoms with Gasteiger partial charge in [-0.2, -0.15) is 0 Å². The lowest BCUT2D eigenvalue weighted by Gasteiger charge is -2.20.